The minimum absolute atomic E-state index is 0.0700. The van der Waals surface area contributed by atoms with Gasteiger partial charge in [-0.05, 0) is 57.7 Å². The van der Waals surface area contributed by atoms with Gasteiger partial charge in [-0.1, -0.05) is 0 Å². The summed E-state index contributed by atoms with van der Waals surface area (Å²) in [5.41, 5.74) is 0.710. The summed E-state index contributed by atoms with van der Waals surface area (Å²) < 4.78 is 10.4. The highest BCUT2D eigenvalue weighted by Gasteiger charge is 2.30. The molecule has 2 aromatic rings. The van der Waals surface area contributed by atoms with Crippen LogP contribution < -0.4 is 15.4 Å². The number of nitro groups is 1. The van der Waals surface area contributed by atoms with E-state index >= 15 is 0 Å². The van der Waals surface area contributed by atoms with E-state index in [2.05, 4.69) is 15.6 Å². The molecule has 10 heteroatoms. The lowest BCUT2D eigenvalue weighted by atomic mass is 9.81. The van der Waals surface area contributed by atoms with Crippen LogP contribution in [0.2, 0.25) is 0 Å². The molecule has 1 aromatic carbocycles. The number of nitrogens with one attached hydrogen (secondary N) is 2. The van der Waals surface area contributed by atoms with Crippen molar-refractivity contribution < 1.29 is 24.0 Å². The van der Waals surface area contributed by atoms with Gasteiger partial charge < -0.3 is 20.1 Å². The lowest BCUT2D eigenvalue weighted by Crippen LogP contribution is -2.30. The van der Waals surface area contributed by atoms with Crippen molar-refractivity contribution in [2.45, 2.75) is 45.6 Å². The second-order valence-corrected chi connectivity index (χ2v) is 8.22. The van der Waals surface area contributed by atoms with Crippen LogP contribution >= 0.6 is 0 Å². The first kappa shape index (κ1) is 24.0. The highest BCUT2D eigenvalue weighted by Crippen LogP contribution is 2.33. The van der Waals surface area contributed by atoms with Crippen molar-refractivity contribution in [2.24, 2.45) is 11.8 Å². The molecule has 10 nitrogen and oxygen atoms in total. The quantitative estimate of drug-likeness (QED) is 0.338. The van der Waals surface area contributed by atoms with Crippen molar-refractivity contribution in [3.63, 3.8) is 0 Å². The van der Waals surface area contributed by atoms with Crippen molar-refractivity contribution in [1.82, 2.24) is 4.98 Å². The second-order valence-electron chi connectivity index (χ2n) is 8.22. The lowest BCUT2D eigenvalue weighted by Gasteiger charge is -2.25. The van der Waals surface area contributed by atoms with Crippen LogP contribution in [0.1, 0.15) is 39.5 Å². The molecule has 33 heavy (non-hydrogen) atoms. The number of pyridine rings is 1. The van der Waals surface area contributed by atoms with Crippen LogP contribution in [-0.2, 0) is 14.3 Å². The minimum Gasteiger partial charge on any atom is -0.491 e. The number of rotatable bonds is 8. The van der Waals surface area contributed by atoms with Crippen molar-refractivity contribution in [2.75, 3.05) is 17.7 Å². The Morgan fingerprint density at radius 3 is 2.39 bits per heavy atom. The molecule has 0 spiro atoms. The molecule has 0 saturated heterocycles. The standard InChI is InChI=1S/C23H28N4O6/c1-14(2)33-18-9-10-20(27(30)31)19(12-18)25-17-8-11-21(24-13-17)26-22(28)15-4-6-16(7-5-15)23(29)32-3/h8-16,25H,4-7H2,1-3H3,(H,24,26,28). The number of hydrogen-bond acceptors (Lipinski definition) is 8. The Morgan fingerprint density at radius 2 is 1.82 bits per heavy atom. The van der Waals surface area contributed by atoms with E-state index in [0.29, 0.717) is 42.9 Å². The zero-order valence-corrected chi connectivity index (χ0v) is 18.9. The first-order valence-corrected chi connectivity index (χ1v) is 10.8. The molecule has 0 aliphatic heterocycles. The predicted octanol–water partition coefficient (Wildman–Crippen LogP) is 4.44. The number of esters is 1. The zero-order chi connectivity index (χ0) is 24.0. The number of nitrogens with zero attached hydrogens (tertiary/aromatic N) is 2. The molecule has 3 rings (SSSR count). The number of carbonyl (C=O) groups excluding carboxylic acids is 2. The minimum atomic E-state index is -0.474. The van der Waals surface area contributed by atoms with Gasteiger partial charge in [0.15, 0.2) is 0 Å². The molecule has 0 radical (unpaired) electrons. The van der Waals surface area contributed by atoms with Gasteiger partial charge in [0.2, 0.25) is 5.91 Å². The summed E-state index contributed by atoms with van der Waals surface area (Å²) in [6.45, 7) is 3.74. The van der Waals surface area contributed by atoms with Gasteiger partial charge in [0.05, 0.1) is 35.9 Å². The van der Waals surface area contributed by atoms with Crippen molar-refractivity contribution in [3.05, 3.63) is 46.6 Å². The Balaban J connectivity index is 1.62. The molecule has 1 aliphatic carbocycles. The summed E-state index contributed by atoms with van der Waals surface area (Å²) in [7, 11) is 1.37. The molecule has 1 saturated carbocycles. The van der Waals surface area contributed by atoms with Crippen LogP contribution in [0.15, 0.2) is 36.5 Å². The van der Waals surface area contributed by atoms with Gasteiger partial charge in [0.1, 0.15) is 17.3 Å². The monoisotopic (exact) mass is 456 g/mol. The van der Waals surface area contributed by atoms with Crippen LogP contribution in [0.4, 0.5) is 22.9 Å². The van der Waals surface area contributed by atoms with Crippen LogP contribution in [0.5, 0.6) is 5.75 Å². The number of benzene rings is 1. The third-order valence-electron chi connectivity index (χ3n) is 5.46. The number of carbonyl (C=O) groups is 2. The van der Waals surface area contributed by atoms with Gasteiger partial charge in [0, 0.05) is 18.1 Å². The van der Waals surface area contributed by atoms with Gasteiger partial charge in [-0.25, -0.2) is 4.98 Å². The van der Waals surface area contributed by atoms with Crippen molar-refractivity contribution in [3.8, 4) is 5.75 Å². The Labute approximate surface area is 191 Å². The Kier molecular flexibility index (Phi) is 7.81. The zero-order valence-electron chi connectivity index (χ0n) is 18.9. The van der Waals surface area contributed by atoms with Crippen LogP contribution in [0.25, 0.3) is 0 Å². The Bertz CT molecular complexity index is 1000. The predicted molar refractivity (Wildman–Crippen MR) is 122 cm³/mol. The maximum atomic E-state index is 12.6. The number of amides is 1. The van der Waals surface area contributed by atoms with Crippen LogP contribution in [-0.4, -0.2) is 35.0 Å². The SMILES string of the molecule is COC(=O)C1CCC(C(=O)Nc2ccc(Nc3cc(OC(C)C)ccc3[N+](=O)[O-])cn2)CC1. The fourth-order valence-electron chi connectivity index (χ4n) is 3.80. The fourth-order valence-corrected chi connectivity index (χ4v) is 3.80. The smallest absolute Gasteiger partial charge is 0.308 e. The number of nitro benzene ring substituents is 1. The summed E-state index contributed by atoms with van der Waals surface area (Å²) in [5, 5.41) is 17.2. The van der Waals surface area contributed by atoms with Gasteiger partial charge in [-0.2, -0.15) is 0 Å². The van der Waals surface area contributed by atoms with E-state index < -0.39 is 4.92 Å². The molecule has 1 heterocycles. The van der Waals surface area contributed by atoms with Crippen LogP contribution in [0, 0.1) is 22.0 Å². The van der Waals surface area contributed by atoms with E-state index in [1.807, 2.05) is 13.8 Å². The van der Waals surface area contributed by atoms with Gasteiger partial charge in [-0.3, -0.25) is 19.7 Å². The molecule has 0 atom stereocenters. The van der Waals surface area contributed by atoms with Crippen molar-refractivity contribution >= 4 is 34.8 Å². The molecule has 0 bridgehead atoms. The summed E-state index contributed by atoms with van der Waals surface area (Å²) in [6, 6.07) is 7.81. The molecule has 1 aliphatic rings. The molecular formula is C23H28N4O6. The summed E-state index contributed by atoms with van der Waals surface area (Å²) in [4.78, 5) is 39.4. The molecule has 0 unspecified atom stereocenters. The largest absolute Gasteiger partial charge is 0.491 e. The lowest BCUT2D eigenvalue weighted by molar-refractivity contribution is -0.383. The van der Waals surface area contributed by atoms with Gasteiger partial charge in [0.25, 0.3) is 5.69 Å². The normalized spacial score (nSPS) is 17.8. The number of methoxy groups -OCH3 is 1. The number of aromatic nitrogens is 1. The van der Waals surface area contributed by atoms with Crippen molar-refractivity contribution in [1.29, 1.82) is 0 Å². The van der Waals surface area contributed by atoms with E-state index in [9.17, 15) is 19.7 Å². The summed E-state index contributed by atoms with van der Waals surface area (Å²) in [6.07, 6.45) is 3.90. The highest BCUT2D eigenvalue weighted by molar-refractivity contribution is 5.92. The molecule has 2 N–H and O–H groups in total. The highest BCUT2D eigenvalue weighted by atomic mass is 16.6. The Morgan fingerprint density at radius 1 is 1.12 bits per heavy atom. The van der Waals surface area contributed by atoms with E-state index in [1.54, 1.807) is 24.3 Å². The molecule has 176 valence electrons. The van der Waals surface area contributed by atoms with E-state index in [4.69, 9.17) is 9.47 Å². The molecule has 1 aromatic heterocycles. The fraction of sp³-hybridized carbons (Fsp3) is 0.435. The topological polar surface area (TPSA) is 133 Å². The first-order valence-electron chi connectivity index (χ1n) is 10.8. The Hall–Kier alpha value is -3.69. The summed E-state index contributed by atoms with van der Waals surface area (Å²) >= 11 is 0. The number of hydrogen-bond donors (Lipinski definition) is 2. The maximum Gasteiger partial charge on any atom is 0.308 e. The van der Waals surface area contributed by atoms with E-state index in [1.165, 1.54) is 19.4 Å². The third-order valence-corrected chi connectivity index (χ3v) is 5.46. The molecular weight excluding hydrogens is 428 g/mol. The average Bonchev–Trinajstić information content (AvgIpc) is 2.79. The van der Waals surface area contributed by atoms with Gasteiger partial charge >= 0.3 is 5.97 Å². The first-order chi connectivity index (χ1) is 15.8. The van der Waals surface area contributed by atoms with E-state index in [-0.39, 0.29) is 41.2 Å². The van der Waals surface area contributed by atoms with E-state index in [0.717, 1.165) is 0 Å². The van der Waals surface area contributed by atoms with Gasteiger partial charge in [-0.15, -0.1) is 0 Å². The third kappa shape index (κ3) is 6.41. The average molecular weight is 456 g/mol. The number of ether oxygens (including phenoxy) is 2. The maximum absolute atomic E-state index is 12.6. The molecule has 1 amide bonds. The van der Waals surface area contributed by atoms with Crippen LogP contribution in [0.3, 0.4) is 0 Å². The molecule has 1 fully saturated rings. The number of anilines is 3. The summed E-state index contributed by atoms with van der Waals surface area (Å²) in [5.74, 6) is 0.206. The second kappa shape index (κ2) is 10.8.